The summed E-state index contributed by atoms with van der Waals surface area (Å²) in [4.78, 5) is 2.27. The Kier molecular flexibility index (Phi) is 6.84. The second-order valence-electron chi connectivity index (χ2n) is 6.20. The minimum absolute atomic E-state index is 0.303. The van der Waals surface area contributed by atoms with Gasteiger partial charge in [-0.15, -0.1) is 0 Å². The number of nitrogens with zero attached hydrogens (tertiary/aromatic N) is 1. The van der Waals surface area contributed by atoms with E-state index in [0.717, 1.165) is 12.3 Å². The predicted molar refractivity (Wildman–Crippen MR) is 91.1 cm³/mol. The van der Waals surface area contributed by atoms with Crippen LogP contribution in [0.15, 0.2) is 47.1 Å². The van der Waals surface area contributed by atoms with E-state index in [2.05, 4.69) is 49.9 Å². The maximum atomic E-state index is 10.2. The zero-order valence-corrected chi connectivity index (χ0v) is 14.2. The number of aliphatic hydroxyl groups excluding tert-OH is 1. The highest BCUT2D eigenvalue weighted by Gasteiger charge is 2.16. The molecule has 0 amide bonds. The summed E-state index contributed by atoms with van der Waals surface area (Å²) in [7, 11) is 0. The summed E-state index contributed by atoms with van der Waals surface area (Å²) >= 11 is 0. The first-order chi connectivity index (χ1) is 11.1. The number of ether oxygens (including phenoxy) is 1. The third-order valence-corrected chi connectivity index (χ3v) is 3.94. The Morgan fingerprint density at radius 3 is 2.61 bits per heavy atom. The molecule has 0 saturated heterocycles. The van der Waals surface area contributed by atoms with Gasteiger partial charge in [0.25, 0.3) is 0 Å². The molecule has 0 fully saturated rings. The minimum atomic E-state index is -0.517. The van der Waals surface area contributed by atoms with Crippen molar-refractivity contribution in [3.05, 3.63) is 59.5 Å². The first-order valence-electron chi connectivity index (χ1n) is 8.13. The second kappa shape index (κ2) is 8.87. The molecule has 1 atom stereocenters. The Bertz CT molecular complexity index is 566. The standard InChI is InChI=1S/C19H27NO3/c1-15(2)20(11-17-8-5-4-7-16(17)3)12-18(21)13-22-14-19-9-6-10-23-19/h4-10,15,18,21H,11-14H2,1-3H3. The van der Waals surface area contributed by atoms with Crippen LogP contribution in [0.3, 0.4) is 0 Å². The largest absolute Gasteiger partial charge is 0.467 e. The van der Waals surface area contributed by atoms with Crippen molar-refractivity contribution in [1.29, 1.82) is 0 Å². The molecule has 0 aliphatic rings. The number of rotatable bonds is 9. The molecule has 0 spiro atoms. The van der Waals surface area contributed by atoms with Gasteiger partial charge in [-0.05, 0) is 44.0 Å². The predicted octanol–water partition coefficient (Wildman–Crippen LogP) is 3.38. The summed E-state index contributed by atoms with van der Waals surface area (Å²) in [5.74, 6) is 0.776. The Labute approximate surface area is 138 Å². The van der Waals surface area contributed by atoms with Crippen LogP contribution in [-0.4, -0.2) is 35.3 Å². The fraction of sp³-hybridized carbons (Fsp3) is 0.474. The maximum Gasteiger partial charge on any atom is 0.129 e. The summed E-state index contributed by atoms with van der Waals surface area (Å²) in [5, 5.41) is 10.2. The van der Waals surface area contributed by atoms with E-state index in [4.69, 9.17) is 9.15 Å². The molecule has 0 saturated carbocycles. The molecule has 1 N–H and O–H groups in total. The summed E-state index contributed by atoms with van der Waals surface area (Å²) in [6.07, 6.45) is 1.11. The minimum Gasteiger partial charge on any atom is -0.467 e. The average Bonchev–Trinajstić information content (AvgIpc) is 3.02. The molecule has 126 valence electrons. The Hall–Kier alpha value is -1.62. The van der Waals surface area contributed by atoms with Crippen LogP contribution >= 0.6 is 0 Å². The van der Waals surface area contributed by atoms with Gasteiger partial charge < -0.3 is 14.3 Å². The Morgan fingerprint density at radius 1 is 1.17 bits per heavy atom. The smallest absolute Gasteiger partial charge is 0.129 e. The van der Waals surface area contributed by atoms with E-state index < -0.39 is 6.10 Å². The van der Waals surface area contributed by atoms with Crippen LogP contribution in [0.1, 0.15) is 30.7 Å². The molecule has 0 aliphatic carbocycles. The fourth-order valence-corrected chi connectivity index (χ4v) is 2.48. The second-order valence-corrected chi connectivity index (χ2v) is 6.20. The molecule has 1 aromatic heterocycles. The van der Waals surface area contributed by atoms with Gasteiger partial charge in [0, 0.05) is 19.1 Å². The lowest BCUT2D eigenvalue weighted by molar-refractivity contribution is -0.00119. The van der Waals surface area contributed by atoms with Gasteiger partial charge in [0.05, 0.1) is 19.0 Å². The van der Waals surface area contributed by atoms with E-state index in [1.807, 2.05) is 12.1 Å². The average molecular weight is 317 g/mol. The molecule has 0 bridgehead atoms. The molecule has 4 heteroatoms. The first-order valence-corrected chi connectivity index (χ1v) is 8.13. The number of furan rings is 1. The molecule has 1 unspecified atom stereocenters. The lowest BCUT2D eigenvalue weighted by Gasteiger charge is -2.29. The molecule has 2 rings (SSSR count). The van der Waals surface area contributed by atoms with Crippen molar-refractivity contribution in [2.24, 2.45) is 0 Å². The first kappa shape index (κ1) is 17.7. The van der Waals surface area contributed by atoms with Gasteiger partial charge in [0.2, 0.25) is 0 Å². The van der Waals surface area contributed by atoms with Gasteiger partial charge in [-0.1, -0.05) is 24.3 Å². The topological polar surface area (TPSA) is 45.8 Å². The van der Waals surface area contributed by atoms with E-state index in [0.29, 0.717) is 25.8 Å². The third-order valence-electron chi connectivity index (χ3n) is 3.94. The molecule has 1 aromatic carbocycles. The maximum absolute atomic E-state index is 10.2. The van der Waals surface area contributed by atoms with Crippen molar-refractivity contribution in [3.63, 3.8) is 0 Å². The molecular weight excluding hydrogens is 290 g/mol. The lowest BCUT2D eigenvalue weighted by atomic mass is 10.1. The molecule has 2 aromatic rings. The highest BCUT2D eigenvalue weighted by molar-refractivity contribution is 5.25. The van der Waals surface area contributed by atoms with Gasteiger partial charge in [0.1, 0.15) is 12.4 Å². The van der Waals surface area contributed by atoms with Crippen LogP contribution in [0.5, 0.6) is 0 Å². The van der Waals surface area contributed by atoms with Crippen molar-refractivity contribution in [2.45, 2.75) is 46.1 Å². The van der Waals surface area contributed by atoms with E-state index >= 15 is 0 Å². The van der Waals surface area contributed by atoms with E-state index in [1.165, 1.54) is 11.1 Å². The van der Waals surface area contributed by atoms with Crippen molar-refractivity contribution in [3.8, 4) is 0 Å². The number of hydrogen-bond donors (Lipinski definition) is 1. The number of aliphatic hydroxyl groups is 1. The number of benzene rings is 1. The van der Waals surface area contributed by atoms with Crippen LogP contribution in [0.2, 0.25) is 0 Å². The summed E-state index contributed by atoms with van der Waals surface area (Å²) < 4.78 is 10.7. The van der Waals surface area contributed by atoms with Gasteiger partial charge in [-0.2, -0.15) is 0 Å². The van der Waals surface area contributed by atoms with E-state index in [9.17, 15) is 5.11 Å². The monoisotopic (exact) mass is 317 g/mol. The van der Waals surface area contributed by atoms with E-state index in [-0.39, 0.29) is 0 Å². The Balaban J connectivity index is 1.82. The highest BCUT2D eigenvalue weighted by Crippen LogP contribution is 2.13. The molecule has 4 nitrogen and oxygen atoms in total. The SMILES string of the molecule is Cc1ccccc1CN(CC(O)COCc1ccco1)C(C)C. The summed E-state index contributed by atoms with van der Waals surface area (Å²) in [5.41, 5.74) is 2.58. The zero-order chi connectivity index (χ0) is 16.7. The van der Waals surface area contributed by atoms with Gasteiger partial charge in [-0.3, -0.25) is 4.90 Å². The Morgan fingerprint density at radius 2 is 1.96 bits per heavy atom. The molecular formula is C19H27NO3. The van der Waals surface area contributed by atoms with Crippen molar-refractivity contribution in [2.75, 3.05) is 13.2 Å². The fourth-order valence-electron chi connectivity index (χ4n) is 2.48. The van der Waals surface area contributed by atoms with Crippen molar-refractivity contribution >= 4 is 0 Å². The van der Waals surface area contributed by atoms with Gasteiger partial charge >= 0.3 is 0 Å². The molecule has 23 heavy (non-hydrogen) atoms. The summed E-state index contributed by atoms with van der Waals surface area (Å²) in [6, 6.07) is 12.4. The quantitative estimate of drug-likeness (QED) is 0.770. The van der Waals surface area contributed by atoms with Crippen LogP contribution < -0.4 is 0 Å². The van der Waals surface area contributed by atoms with Gasteiger partial charge in [-0.25, -0.2) is 0 Å². The van der Waals surface area contributed by atoms with Crippen LogP contribution in [-0.2, 0) is 17.9 Å². The highest BCUT2D eigenvalue weighted by atomic mass is 16.5. The van der Waals surface area contributed by atoms with E-state index in [1.54, 1.807) is 6.26 Å². The lowest BCUT2D eigenvalue weighted by Crippen LogP contribution is -2.39. The zero-order valence-electron chi connectivity index (χ0n) is 14.2. The van der Waals surface area contributed by atoms with Crippen molar-refractivity contribution in [1.82, 2.24) is 4.90 Å². The van der Waals surface area contributed by atoms with Crippen molar-refractivity contribution < 1.29 is 14.3 Å². The third kappa shape index (κ3) is 5.82. The van der Waals surface area contributed by atoms with Crippen LogP contribution in [0.25, 0.3) is 0 Å². The van der Waals surface area contributed by atoms with Crippen LogP contribution in [0.4, 0.5) is 0 Å². The van der Waals surface area contributed by atoms with Crippen LogP contribution in [0, 0.1) is 6.92 Å². The normalized spacial score (nSPS) is 13.0. The molecule has 0 aliphatic heterocycles. The van der Waals surface area contributed by atoms with Gasteiger partial charge in [0.15, 0.2) is 0 Å². The molecule has 0 radical (unpaired) electrons. The number of hydrogen-bond acceptors (Lipinski definition) is 4. The molecule has 1 heterocycles. The number of aryl methyl sites for hydroxylation is 1. The summed E-state index contributed by atoms with van der Waals surface area (Å²) in [6.45, 7) is 8.53.